The molecule has 15 heteroatoms. The van der Waals surface area contributed by atoms with Crippen LogP contribution in [0.15, 0.2) is 12.5 Å². The summed E-state index contributed by atoms with van der Waals surface area (Å²) in [5, 5.41) is 25.5. The topological polar surface area (TPSA) is 260 Å². The summed E-state index contributed by atoms with van der Waals surface area (Å²) in [5.74, 6) is -5.87. The fourth-order valence-electron chi connectivity index (χ4n) is 3.33. The molecule has 4 unspecified atom stereocenters. The predicted octanol–water partition coefficient (Wildman–Crippen LogP) is -2.01. The van der Waals surface area contributed by atoms with Gasteiger partial charge in [0.2, 0.25) is 23.6 Å². The third-order valence-electron chi connectivity index (χ3n) is 5.25. The van der Waals surface area contributed by atoms with E-state index in [4.69, 9.17) is 16.6 Å². The lowest BCUT2D eigenvalue weighted by molar-refractivity contribution is -0.143. The molecule has 206 valence electrons. The Bertz CT molecular complexity index is 951. The Morgan fingerprint density at radius 2 is 1.46 bits per heavy atom. The van der Waals surface area contributed by atoms with Crippen molar-refractivity contribution in [2.45, 2.75) is 76.5 Å². The number of nitrogens with zero attached hydrogens (tertiary/aromatic N) is 1. The number of carbonyl (C=O) groups excluding carboxylic acids is 4. The smallest absolute Gasteiger partial charge is 0.326 e. The highest BCUT2D eigenvalue weighted by atomic mass is 16.4. The second-order valence-electron chi connectivity index (χ2n) is 8.98. The van der Waals surface area contributed by atoms with E-state index in [1.165, 1.54) is 12.5 Å². The van der Waals surface area contributed by atoms with Gasteiger partial charge in [-0.3, -0.25) is 24.0 Å². The van der Waals surface area contributed by atoms with Gasteiger partial charge in [-0.15, -0.1) is 0 Å². The van der Waals surface area contributed by atoms with E-state index in [9.17, 15) is 33.9 Å². The molecule has 1 rings (SSSR count). The molecule has 1 heterocycles. The van der Waals surface area contributed by atoms with Gasteiger partial charge in [-0.1, -0.05) is 13.8 Å². The minimum atomic E-state index is -1.38. The highest BCUT2D eigenvalue weighted by molar-refractivity contribution is 5.94. The molecule has 4 atom stereocenters. The minimum absolute atomic E-state index is 0.0647. The van der Waals surface area contributed by atoms with E-state index in [0.717, 1.165) is 0 Å². The average molecular weight is 526 g/mol. The summed E-state index contributed by atoms with van der Waals surface area (Å²) in [6.07, 6.45) is 1.68. The molecule has 4 amide bonds. The Labute approximate surface area is 213 Å². The van der Waals surface area contributed by atoms with Crippen LogP contribution < -0.4 is 27.4 Å². The lowest BCUT2D eigenvalue weighted by Crippen LogP contribution is -2.57. The molecule has 0 aliphatic rings. The van der Waals surface area contributed by atoms with Crippen LogP contribution in [0.1, 0.15) is 51.6 Å². The predicted molar refractivity (Wildman–Crippen MR) is 128 cm³/mol. The molecule has 0 radical (unpaired) electrons. The van der Waals surface area contributed by atoms with Crippen molar-refractivity contribution in [1.29, 1.82) is 0 Å². The first kappa shape index (κ1) is 31.0. The zero-order valence-corrected chi connectivity index (χ0v) is 20.7. The van der Waals surface area contributed by atoms with Crippen LogP contribution in [0.4, 0.5) is 0 Å². The van der Waals surface area contributed by atoms with Gasteiger partial charge in [-0.2, -0.15) is 0 Å². The summed E-state index contributed by atoms with van der Waals surface area (Å²) >= 11 is 0. The van der Waals surface area contributed by atoms with Gasteiger partial charge in [0.15, 0.2) is 0 Å². The number of nitrogens with two attached hydrogens (primary N) is 2. The number of carbonyl (C=O) groups is 6. The molecule has 0 bridgehead atoms. The molecular formula is C22H35N7O8. The molecule has 15 nitrogen and oxygen atoms in total. The maximum absolute atomic E-state index is 13.0. The Hall–Kier alpha value is -4.01. The summed E-state index contributed by atoms with van der Waals surface area (Å²) in [6.45, 7) is 3.53. The number of H-pyrrole nitrogens is 1. The van der Waals surface area contributed by atoms with Gasteiger partial charge in [0.05, 0.1) is 12.4 Å². The van der Waals surface area contributed by atoms with Crippen LogP contribution in [0.3, 0.4) is 0 Å². The molecular weight excluding hydrogens is 490 g/mol. The van der Waals surface area contributed by atoms with E-state index in [-0.39, 0.29) is 38.0 Å². The van der Waals surface area contributed by atoms with Crippen molar-refractivity contribution in [2.75, 3.05) is 0 Å². The number of carboxylic acids is 2. The van der Waals surface area contributed by atoms with Crippen LogP contribution in [0.25, 0.3) is 0 Å². The van der Waals surface area contributed by atoms with Gasteiger partial charge in [0, 0.05) is 31.2 Å². The summed E-state index contributed by atoms with van der Waals surface area (Å²) in [4.78, 5) is 78.9. The average Bonchev–Trinajstić information content (AvgIpc) is 3.30. The van der Waals surface area contributed by atoms with Gasteiger partial charge in [-0.05, 0) is 25.2 Å². The quantitative estimate of drug-likeness (QED) is 0.111. The number of imidazole rings is 1. The zero-order chi connectivity index (χ0) is 28.1. The maximum Gasteiger partial charge on any atom is 0.326 e. The summed E-state index contributed by atoms with van der Waals surface area (Å²) in [6, 6.07) is -5.10. The Balaban J connectivity index is 3.01. The van der Waals surface area contributed by atoms with Crippen molar-refractivity contribution in [2.24, 2.45) is 17.4 Å². The van der Waals surface area contributed by atoms with Crippen molar-refractivity contribution >= 4 is 35.6 Å². The Morgan fingerprint density at radius 3 is 1.92 bits per heavy atom. The second-order valence-corrected chi connectivity index (χ2v) is 8.98. The van der Waals surface area contributed by atoms with E-state index in [1.807, 2.05) is 0 Å². The van der Waals surface area contributed by atoms with E-state index in [0.29, 0.717) is 5.69 Å². The molecule has 1 aromatic heterocycles. The molecule has 0 spiro atoms. The molecule has 1 aromatic rings. The number of nitrogens with one attached hydrogen (secondary N) is 4. The molecule has 0 aromatic carbocycles. The Kier molecular flexibility index (Phi) is 12.7. The Morgan fingerprint density at radius 1 is 0.919 bits per heavy atom. The van der Waals surface area contributed by atoms with Crippen LogP contribution >= 0.6 is 0 Å². The first-order valence-corrected chi connectivity index (χ1v) is 11.7. The third-order valence-corrected chi connectivity index (χ3v) is 5.25. The van der Waals surface area contributed by atoms with Gasteiger partial charge < -0.3 is 42.6 Å². The van der Waals surface area contributed by atoms with Crippen LogP contribution in [0.2, 0.25) is 0 Å². The van der Waals surface area contributed by atoms with Crippen molar-refractivity contribution in [3.8, 4) is 0 Å². The second kappa shape index (κ2) is 15.2. The standard InChI is InChI=1S/C22H35N7O8/c1-11(2)7-16(22(36)37)29-21(35)14(3-5-17(24)30)28-20(34)15(4-6-18(31)32)27-19(33)13(23)8-12-9-25-10-26-12/h9-11,13-16H,3-8,23H2,1-2H3,(H2,24,30)(H,25,26)(H,27,33)(H,28,34)(H,29,35)(H,31,32)(H,36,37). The van der Waals surface area contributed by atoms with Crippen LogP contribution in [0.5, 0.6) is 0 Å². The molecule has 0 aliphatic carbocycles. The summed E-state index contributed by atoms with van der Waals surface area (Å²) in [5.41, 5.74) is 11.6. The molecule has 10 N–H and O–H groups in total. The van der Waals surface area contributed by atoms with E-state index in [1.54, 1.807) is 13.8 Å². The maximum atomic E-state index is 13.0. The van der Waals surface area contributed by atoms with Crippen molar-refractivity contribution in [3.05, 3.63) is 18.2 Å². The fraction of sp³-hybridized carbons (Fsp3) is 0.591. The normalized spacial score (nSPS) is 14.2. The molecule has 0 fully saturated rings. The van der Waals surface area contributed by atoms with Gasteiger partial charge in [0.25, 0.3) is 0 Å². The first-order chi connectivity index (χ1) is 17.3. The number of carboxylic acid groups (broad SMARTS) is 2. The van der Waals surface area contributed by atoms with Crippen LogP contribution in [-0.2, 0) is 35.2 Å². The van der Waals surface area contributed by atoms with Gasteiger partial charge >= 0.3 is 11.9 Å². The van der Waals surface area contributed by atoms with Crippen LogP contribution in [-0.4, -0.2) is 79.9 Å². The number of amides is 4. The molecule has 0 saturated carbocycles. The summed E-state index contributed by atoms with van der Waals surface area (Å²) in [7, 11) is 0. The largest absolute Gasteiger partial charge is 0.481 e. The number of hydrogen-bond acceptors (Lipinski definition) is 8. The number of aliphatic carboxylic acids is 2. The third kappa shape index (κ3) is 12.0. The lowest BCUT2D eigenvalue weighted by Gasteiger charge is -2.25. The lowest BCUT2D eigenvalue weighted by atomic mass is 10.0. The number of primary amides is 1. The monoisotopic (exact) mass is 525 g/mol. The minimum Gasteiger partial charge on any atom is -0.481 e. The SMILES string of the molecule is CC(C)CC(NC(=O)C(CCC(N)=O)NC(=O)C(CCC(=O)O)NC(=O)C(N)Cc1cnc[nH]1)C(=O)O. The van der Waals surface area contributed by atoms with Crippen molar-refractivity contribution in [3.63, 3.8) is 0 Å². The van der Waals surface area contributed by atoms with Crippen molar-refractivity contribution in [1.82, 2.24) is 25.9 Å². The first-order valence-electron chi connectivity index (χ1n) is 11.7. The molecule has 37 heavy (non-hydrogen) atoms. The number of aromatic nitrogens is 2. The van der Waals surface area contributed by atoms with E-state index >= 15 is 0 Å². The summed E-state index contributed by atoms with van der Waals surface area (Å²) < 4.78 is 0. The zero-order valence-electron chi connectivity index (χ0n) is 20.7. The number of aromatic amines is 1. The van der Waals surface area contributed by atoms with Gasteiger partial charge in [-0.25, -0.2) is 9.78 Å². The van der Waals surface area contributed by atoms with Crippen LogP contribution in [0, 0.1) is 5.92 Å². The number of hydrogen-bond donors (Lipinski definition) is 8. The van der Waals surface area contributed by atoms with Gasteiger partial charge in [0.1, 0.15) is 18.1 Å². The molecule has 0 saturated heterocycles. The fourth-order valence-corrected chi connectivity index (χ4v) is 3.33. The van der Waals surface area contributed by atoms with Crippen molar-refractivity contribution < 1.29 is 39.0 Å². The highest BCUT2D eigenvalue weighted by Gasteiger charge is 2.31. The number of rotatable bonds is 17. The van der Waals surface area contributed by atoms with E-state index in [2.05, 4.69) is 25.9 Å². The van der Waals surface area contributed by atoms with E-state index < -0.39 is 66.2 Å². The highest BCUT2D eigenvalue weighted by Crippen LogP contribution is 2.08. The molecule has 0 aliphatic heterocycles.